The molecule has 0 aromatic heterocycles. The van der Waals surface area contributed by atoms with Gasteiger partial charge in [-0.1, -0.05) is 6.08 Å². The van der Waals surface area contributed by atoms with Crippen LogP contribution in [0.15, 0.2) is 12.3 Å². The van der Waals surface area contributed by atoms with Crippen LogP contribution in [0.3, 0.4) is 0 Å². The van der Waals surface area contributed by atoms with Gasteiger partial charge in [0.1, 0.15) is 0 Å². The van der Waals surface area contributed by atoms with Crippen molar-refractivity contribution in [1.29, 1.82) is 0 Å². The first-order chi connectivity index (χ1) is 7.77. The van der Waals surface area contributed by atoms with Gasteiger partial charge in [-0.3, -0.25) is 4.55 Å². The third kappa shape index (κ3) is 11.7. The van der Waals surface area contributed by atoms with E-state index in [4.69, 9.17) is 9.29 Å². The number of hydrogen-bond donors (Lipinski definition) is 1. The fraction of sp³-hybridized carbons (Fsp3) is 0.818. The summed E-state index contributed by atoms with van der Waals surface area (Å²) in [7, 11) is 0.260. The van der Waals surface area contributed by atoms with Crippen LogP contribution in [-0.4, -0.2) is 57.0 Å². The van der Waals surface area contributed by atoms with E-state index in [1.165, 1.54) is 0 Å². The Bertz CT molecular complexity index is 322. The van der Waals surface area contributed by atoms with Crippen LogP contribution in [0.5, 0.6) is 0 Å². The number of quaternary nitrogens is 1. The van der Waals surface area contributed by atoms with Crippen LogP contribution in [0.25, 0.3) is 0 Å². The molecule has 102 valence electrons. The van der Waals surface area contributed by atoms with E-state index in [1.807, 2.05) is 27.1 Å². The van der Waals surface area contributed by atoms with Gasteiger partial charge < -0.3 is 9.22 Å². The zero-order valence-corrected chi connectivity index (χ0v) is 11.7. The monoisotopic (exact) mass is 266 g/mol. The minimum atomic E-state index is -3.82. The van der Waals surface area contributed by atoms with Crippen LogP contribution in [0.4, 0.5) is 0 Å². The van der Waals surface area contributed by atoms with Gasteiger partial charge in [-0.25, -0.2) is 0 Å². The first kappa shape index (κ1) is 16.4. The summed E-state index contributed by atoms with van der Waals surface area (Å²) >= 11 is 0. The topological polar surface area (TPSA) is 63.6 Å². The standard InChI is InChI=1S/C11H23NO4S/c1-4-9-16-10-5-7-12(2,3)8-6-11-17(13,14)15/h4,9H,5-8,10-11H2,1-3H3/p+1. The molecule has 0 unspecified atom stereocenters. The second-order valence-corrected chi connectivity index (χ2v) is 6.29. The fourth-order valence-corrected chi connectivity index (χ4v) is 2.02. The van der Waals surface area contributed by atoms with Crippen molar-refractivity contribution in [2.45, 2.75) is 19.8 Å². The Morgan fingerprint density at radius 1 is 1.24 bits per heavy atom. The Morgan fingerprint density at radius 3 is 2.35 bits per heavy atom. The SMILES string of the molecule is CC=COCCC[N+](C)(C)CCCS(=O)(=O)O. The second kappa shape index (κ2) is 7.68. The highest BCUT2D eigenvalue weighted by atomic mass is 32.2. The molecule has 0 heterocycles. The van der Waals surface area contributed by atoms with Crippen molar-refractivity contribution < 1.29 is 22.2 Å². The summed E-state index contributed by atoms with van der Waals surface area (Å²) in [4.78, 5) is 0. The van der Waals surface area contributed by atoms with Crippen LogP contribution in [0.1, 0.15) is 19.8 Å². The molecule has 0 bridgehead atoms. The van der Waals surface area contributed by atoms with Crippen molar-refractivity contribution in [2.24, 2.45) is 0 Å². The number of allylic oxidation sites excluding steroid dienone is 1. The molecule has 0 saturated heterocycles. The molecule has 1 N–H and O–H groups in total. The Balaban J connectivity index is 3.72. The zero-order chi connectivity index (χ0) is 13.4. The van der Waals surface area contributed by atoms with Gasteiger partial charge in [-0.15, -0.1) is 0 Å². The smallest absolute Gasteiger partial charge is 0.265 e. The van der Waals surface area contributed by atoms with Crippen molar-refractivity contribution in [3.05, 3.63) is 12.3 Å². The largest absolute Gasteiger partial charge is 0.501 e. The van der Waals surface area contributed by atoms with Crippen molar-refractivity contribution in [3.63, 3.8) is 0 Å². The lowest BCUT2D eigenvalue weighted by Crippen LogP contribution is -2.42. The van der Waals surface area contributed by atoms with Gasteiger partial charge in [0, 0.05) is 12.8 Å². The van der Waals surface area contributed by atoms with Crippen molar-refractivity contribution in [3.8, 4) is 0 Å². The first-order valence-electron chi connectivity index (χ1n) is 5.77. The fourth-order valence-electron chi connectivity index (χ4n) is 1.53. The maximum absolute atomic E-state index is 10.6. The lowest BCUT2D eigenvalue weighted by molar-refractivity contribution is -0.890. The molecular weight excluding hydrogens is 242 g/mol. The van der Waals surface area contributed by atoms with Crippen LogP contribution < -0.4 is 0 Å². The third-order valence-corrected chi connectivity index (χ3v) is 3.23. The van der Waals surface area contributed by atoms with Crippen LogP contribution >= 0.6 is 0 Å². The molecule has 5 nitrogen and oxygen atoms in total. The maximum atomic E-state index is 10.6. The molecule has 0 aromatic carbocycles. The van der Waals surface area contributed by atoms with Gasteiger partial charge >= 0.3 is 0 Å². The Hall–Kier alpha value is -0.590. The highest BCUT2D eigenvalue weighted by Crippen LogP contribution is 2.03. The molecule has 0 spiro atoms. The second-order valence-electron chi connectivity index (χ2n) is 4.72. The van der Waals surface area contributed by atoms with Gasteiger partial charge in [-0.2, -0.15) is 8.42 Å². The van der Waals surface area contributed by atoms with Crippen LogP contribution in [0, 0.1) is 0 Å². The Labute approximate surface area is 104 Å². The molecule has 0 amide bonds. The molecule has 0 aromatic rings. The van der Waals surface area contributed by atoms with Gasteiger partial charge in [0.2, 0.25) is 0 Å². The van der Waals surface area contributed by atoms with E-state index in [2.05, 4.69) is 0 Å². The molecular formula is C11H24NO4S+. The van der Waals surface area contributed by atoms with E-state index >= 15 is 0 Å². The number of nitrogens with zero attached hydrogens (tertiary/aromatic N) is 1. The Kier molecular flexibility index (Phi) is 7.41. The summed E-state index contributed by atoms with van der Waals surface area (Å²) in [5.41, 5.74) is 0. The molecule has 6 heteroatoms. The van der Waals surface area contributed by atoms with Gasteiger partial charge in [0.05, 0.1) is 45.8 Å². The van der Waals surface area contributed by atoms with E-state index < -0.39 is 10.1 Å². The van der Waals surface area contributed by atoms with Crippen molar-refractivity contribution in [2.75, 3.05) is 39.5 Å². The summed E-state index contributed by atoms with van der Waals surface area (Å²) in [6, 6.07) is 0. The molecule has 0 fully saturated rings. The highest BCUT2D eigenvalue weighted by Gasteiger charge is 2.16. The summed E-state index contributed by atoms with van der Waals surface area (Å²) < 4.78 is 35.7. The highest BCUT2D eigenvalue weighted by molar-refractivity contribution is 7.85. The van der Waals surface area contributed by atoms with Crippen molar-refractivity contribution >= 4 is 10.1 Å². The van der Waals surface area contributed by atoms with Crippen molar-refractivity contribution in [1.82, 2.24) is 0 Å². The van der Waals surface area contributed by atoms with E-state index in [0.717, 1.165) is 24.0 Å². The average Bonchev–Trinajstić information content (AvgIpc) is 2.14. The first-order valence-corrected chi connectivity index (χ1v) is 7.38. The predicted molar refractivity (Wildman–Crippen MR) is 68.3 cm³/mol. The average molecular weight is 266 g/mol. The molecule has 0 radical (unpaired) electrons. The predicted octanol–water partition coefficient (Wildman–Crippen LogP) is 1.28. The molecule has 0 aliphatic carbocycles. The molecule has 0 rings (SSSR count). The van der Waals surface area contributed by atoms with Crippen LogP contribution in [-0.2, 0) is 14.9 Å². The normalized spacial score (nSPS) is 13.2. The van der Waals surface area contributed by atoms with Gasteiger partial charge in [0.15, 0.2) is 0 Å². The van der Waals surface area contributed by atoms with Crippen LogP contribution in [0.2, 0.25) is 0 Å². The summed E-state index contributed by atoms with van der Waals surface area (Å²) in [5.74, 6) is -0.163. The summed E-state index contributed by atoms with van der Waals surface area (Å²) in [5, 5.41) is 0. The van der Waals surface area contributed by atoms with E-state index in [9.17, 15) is 8.42 Å². The molecule has 0 aliphatic heterocycles. The lowest BCUT2D eigenvalue weighted by Gasteiger charge is -2.29. The van der Waals surface area contributed by atoms with E-state index in [1.54, 1.807) is 6.26 Å². The quantitative estimate of drug-likeness (QED) is 0.295. The van der Waals surface area contributed by atoms with E-state index in [0.29, 0.717) is 13.0 Å². The zero-order valence-electron chi connectivity index (χ0n) is 10.9. The van der Waals surface area contributed by atoms with E-state index in [-0.39, 0.29) is 5.75 Å². The molecule has 0 aliphatic rings. The molecule has 17 heavy (non-hydrogen) atoms. The lowest BCUT2D eigenvalue weighted by atomic mass is 10.3. The molecule has 0 atom stereocenters. The number of rotatable bonds is 9. The number of ether oxygens (including phenoxy) is 1. The molecule has 0 saturated carbocycles. The maximum Gasteiger partial charge on any atom is 0.265 e. The minimum Gasteiger partial charge on any atom is -0.501 e. The summed E-state index contributed by atoms with van der Waals surface area (Å²) in [6.07, 6.45) is 4.90. The minimum absolute atomic E-state index is 0.163. The third-order valence-electron chi connectivity index (χ3n) is 2.42. The van der Waals surface area contributed by atoms with Gasteiger partial charge in [0.25, 0.3) is 10.1 Å². The number of hydrogen-bond acceptors (Lipinski definition) is 3. The summed E-state index contributed by atoms with van der Waals surface area (Å²) in [6.45, 7) is 4.21. The Morgan fingerprint density at radius 2 is 1.82 bits per heavy atom. The van der Waals surface area contributed by atoms with Gasteiger partial charge in [-0.05, 0) is 6.92 Å².